The fourth-order valence-electron chi connectivity index (χ4n) is 2.78. The molecule has 4 heteroatoms. The van der Waals surface area contributed by atoms with Crippen LogP contribution in [0.4, 0.5) is 0 Å². The summed E-state index contributed by atoms with van der Waals surface area (Å²) in [6.45, 7) is 9.00. The quantitative estimate of drug-likeness (QED) is 0.599. The zero-order valence-electron chi connectivity index (χ0n) is 16.3. The molecule has 1 aromatic heterocycles. The minimum atomic E-state index is -0.426. The van der Waals surface area contributed by atoms with E-state index in [2.05, 4.69) is 65.4 Å². The van der Waals surface area contributed by atoms with Crippen molar-refractivity contribution in [1.29, 1.82) is 0 Å². The van der Waals surface area contributed by atoms with Gasteiger partial charge in [0, 0.05) is 25.4 Å². The van der Waals surface area contributed by atoms with Crippen LogP contribution in [-0.2, 0) is 15.9 Å². The van der Waals surface area contributed by atoms with Gasteiger partial charge in [0.1, 0.15) is 0 Å². The molecule has 0 N–H and O–H groups in total. The van der Waals surface area contributed by atoms with E-state index in [1.165, 1.54) is 16.5 Å². The number of fused-ring (bicyclic) bond motifs is 1. The van der Waals surface area contributed by atoms with Crippen molar-refractivity contribution in [2.75, 3.05) is 7.11 Å². The number of benzene rings is 2. The number of nitrogens with zero attached hydrogens (tertiary/aromatic N) is 1. The van der Waals surface area contributed by atoms with Crippen molar-refractivity contribution in [3.05, 3.63) is 66.4 Å². The van der Waals surface area contributed by atoms with Crippen LogP contribution in [0.5, 0.6) is 0 Å². The summed E-state index contributed by atoms with van der Waals surface area (Å²) < 4.78 is 13.8. The second-order valence-electron chi connectivity index (χ2n) is 7.70. The molecule has 3 rings (SSSR count). The van der Waals surface area contributed by atoms with Crippen LogP contribution in [0, 0.1) is 0 Å². The number of ether oxygens (including phenoxy) is 1. The zero-order chi connectivity index (χ0) is 18.8. The Kier molecular flexibility index (Phi) is 5.26. The molecule has 0 fully saturated rings. The Morgan fingerprint density at radius 3 is 2.27 bits per heavy atom. The van der Waals surface area contributed by atoms with Gasteiger partial charge in [-0.2, -0.15) is 0 Å². The Morgan fingerprint density at radius 1 is 0.885 bits per heavy atom. The van der Waals surface area contributed by atoms with Crippen LogP contribution in [0.25, 0.3) is 10.9 Å². The van der Waals surface area contributed by atoms with Gasteiger partial charge in [0.25, 0.3) is 0 Å². The Balaban J connectivity index is 1.65. The van der Waals surface area contributed by atoms with Gasteiger partial charge in [-0.15, -0.1) is 0 Å². The van der Waals surface area contributed by atoms with Gasteiger partial charge in [-0.1, -0.05) is 47.9 Å². The molecule has 1 heterocycles. The molecule has 0 aliphatic carbocycles. The molecular formula is C22H27BNO2. The number of methoxy groups -OCH3 is 1. The summed E-state index contributed by atoms with van der Waals surface area (Å²) in [5, 5.41) is 1.27. The predicted molar refractivity (Wildman–Crippen MR) is 109 cm³/mol. The molecule has 0 saturated carbocycles. The molecule has 2 aromatic carbocycles. The SMILES string of the molecule is COC(C)(C)C(C)(C)O[B]c1ccc(Cn2ccc3ccccc32)cc1. The maximum Gasteiger partial charge on any atom is 0.330 e. The lowest BCUT2D eigenvalue weighted by atomic mass is 9.82. The van der Waals surface area contributed by atoms with Crippen molar-refractivity contribution >= 4 is 23.8 Å². The van der Waals surface area contributed by atoms with Crippen LogP contribution in [-0.4, -0.2) is 30.4 Å². The molecule has 3 nitrogen and oxygen atoms in total. The lowest BCUT2D eigenvalue weighted by Crippen LogP contribution is -2.50. The van der Waals surface area contributed by atoms with E-state index in [4.69, 9.17) is 9.39 Å². The third-order valence-electron chi connectivity index (χ3n) is 5.46. The molecule has 0 spiro atoms. The highest BCUT2D eigenvalue weighted by Crippen LogP contribution is 2.27. The van der Waals surface area contributed by atoms with E-state index in [-0.39, 0.29) is 5.60 Å². The summed E-state index contributed by atoms with van der Waals surface area (Å²) in [5.74, 6) is 0. The summed E-state index contributed by atoms with van der Waals surface area (Å²) in [4.78, 5) is 0. The van der Waals surface area contributed by atoms with Crippen molar-refractivity contribution in [3.8, 4) is 0 Å². The van der Waals surface area contributed by atoms with Crippen LogP contribution in [0.15, 0.2) is 60.8 Å². The first-order valence-electron chi connectivity index (χ1n) is 9.01. The smallest absolute Gasteiger partial charge is 0.330 e. The molecule has 0 atom stereocenters. The molecule has 1 radical (unpaired) electrons. The van der Waals surface area contributed by atoms with Gasteiger partial charge in [0.05, 0.1) is 11.2 Å². The molecule has 0 unspecified atom stereocenters. The number of hydrogen-bond donors (Lipinski definition) is 0. The summed E-state index contributed by atoms with van der Waals surface area (Å²) in [5.41, 5.74) is 2.77. The molecule has 0 aliphatic rings. The topological polar surface area (TPSA) is 23.4 Å². The maximum absolute atomic E-state index is 6.02. The van der Waals surface area contributed by atoms with Gasteiger partial charge in [0.2, 0.25) is 0 Å². The van der Waals surface area contributed by atoms with Gasteiger partial charge in [0.15, 0.2) is 0 Å². The second-order valence-corrected chi connectivity index (χ2v) is 7.70. The van der Waals surface area contributed by atoms with E-state index < -0.39 is 5.60 Å². The lowest BCUT2D eigenvalue weighted by Gasteiger charge is -2.40. The molecular weight excluding hydrogens is 321 g/mol. The molecule has 0 amide bonds. The van der Waals surface area contributed by atoms with Gasteiger partial charge >= 0.3 is 7.48 Å². The second kappa shape index (κ2) is 7.30. The Hall–Kier alpha value is -2.04. The third-order valence-corrected chi connectivity index (χ3v) is 5.46. The molecule has 26 heavy (non-hydrogen) atoms. The van der Waals surface area contributed by atoms with E-state index in [1.807, 2.05) is 35.2 Å². The number of hydrogen-bond acceptors (Lipinski definition) is 2. The Morgan fingerprint density at radius 2 is 1.58 bits per heavy atom. The fourth-order valence-corrected chi connectivity index (χ4v) is 2.78. The van der Waals surface area contributed by atoms with Crippen LogP contribution in [0.2, 0.25) is 0 Å². The number of para-hydroxylation sites is 1. The monoisotopic (exact) mass is 348 g/mol. The highest BCUT2D eigenvalue weighted by atomic mass is 16.5. The minimum absolute atomic E-state index is 0.376. The van der Waals surface area contributed by atoms with Crippen LogP contribution < -0.4 is 5.46 Å². The highest BCUT2D eigenvalue weighted by molar-refractivity contribution is 6.47. The van der Waals surface area contributed by atoms with E-state index in [9.17, 15) is 0 Å². The van der Waals surface area contributed by atoms with Crippen molar-refractivity contribution in [1.82, 2.24) is 4.57 Å². The third kappa shape index (κ3) is 3.87. The van der Waals surface area contributed by atoms with E-state index in [0.29, 0.717) is 0 Å². The van der Waals surface area contributed by atoms with Crippen molar-refractivity contribution in [2.45, 2.75) is 45.4 Å². The van der Waals surface area contributed by atoms with Gasteiger partial charge in [-0.3, -0.25) is 0 Å². The lowest BCUT2D eigenvalue weighted by molar-refractivity contribution is -0.114. The first-order valence-corrected chi connectivity index (χ1v) is 9.01. The van der Waals surface area contributed by atoms with Gasteiger partial charge < -0.3 is 14.0 Å². The Bertz CT molecular complexity index is 865. The molecule has 135 valence electrons. The van der Waals surface area contributed by atoms with Crippen LogP contribution in [0.1, 0.15) is 33.3 Å². The van der Waals surface area contributed by atoms with E-state index >= 15 is 0 Å². The highest BCUT2D eigenvalue weighted by Gasteiger charge is 2.37. The first-order chi connectivity index (χ1) is 12.3. The normalized spacial score (nSPS) is 12.5. The van der Waals surface area contributed by atoms with E-state index in [1.54, 1.807) is 7.11 Å². The minimum Gasteiger partial charge on any atom is -0.427 e. The van der Waals surface area contributed by atoms with Crippen LogP contribution >= 0.6 is 0 Å². The summed E-state index contributed by atoms with van der Waals surface area (Å²) in [7, 11) is 3.53. The van der Waals surface area contributed by atoms with Crippen molar-refractivity contribution < 1.29 is 9.39 Å². The molecule has 0 aliphatic heterocycles. The standard InChI is InChI=1S/C22H27BNO2/c1-21(2,25-5)22(3,4)26-23-19-12-10-17(11-13-19)16-24-15-14-18-8-6-7-9-20(18)24/h6-15H,16H2,1-5H3. The number of rotatable bonds is 7. The largest absolute Gasteiger partial charge is 0.427 e. The summed E-state index contributed by atoms with van der Waals surface area (Å²) in [6.07, 6.45) is 2.14. The fraction of sp³-hybridized carbons (Fsp3) is 0.364. The summed E-state index contributed by atoms with van der Waals surface area (Å²) in [6, 6.07) is 19.1. The van der Waals surface area contributed by atoms with Crippen molar-refractivity contribution in [2.24, 2.45) is 0 Å². The summed E-state index contributed by atoms with van der Waals surface area (Å²) >= 11 is 0. The Labute approximate surface area is 157 Å². The average Bonchev–Trinajstić information content (AvgIpc) is 3.04. The molecule has 0 bridgehead atoms. The van der Waals surface area contributed by atoms with Gasteiger partial charge in [-0.05, 0) is 50.8 Å². The molecule has 3 aromatic rings. The van der Waals surface area contributed by atoms with Crippen LogP contribution in [0.3, 0.4) is 0 Å². The predicted octanol–water partition coefficient (Wildman–Crippen LogP) is 4.15. The molecule has 0 saturated heterocycles. The van der Waals surface area contributed by atoms with Crippen molar-refractivity contribution in [3.63, 3.8) is 0 Å². The maximum atomic E-state index is 6.02. The van der Waals surface area contributed by atoms with E-state index in [0.717, 1.165) is 12.0 Å². The van der Waals surface area contributed by atoms with Gasteiger partial charge in [-0.25, -0.2) is 0 Å². The average molecular weight is 348 g/mol. The zero-order valence-corrected chi connectivity index (χ0v) is 16.3. The first kappa shape index (κ1) is 18.7. The number of aromatic nitrogens is 1.